The van der Waals surface area contributed by atoms with Crippen molar-refractivity contribution in [3.8, 4) is 0 Å². The molecule has 0 aromatic heterocycles. The number of benzene rings is 2. The molecule has 28 heavy (non-hydrogen) atoms. The molecule has 1 aliphatic heterocycles. The maximum Gasteiger partial charge on any atom is 0.239 e. The van der Waals surface area contributed by atoms with E-state index in [-0.39, 0.29) is 30.8 Å². The fourth-order valence-corrected chi connectivity index (χ4v) is 3.60. The van der Waals surface area contributed by atoms with Crippen molar-refractivity contribution >= 4 is 11.8 Å². The number of rotatable bonds is 8. The van der Waals surface area contributed by atoms with Crippen molar-refractivity contribution < 1.29 is 9.59 Å². The summed E-state index contributed by atoms with van der Waals surface area (Å²) in [6, 6.07) is 18.2. The van der Waals surface area contributed by atoms with Crippen molar-refractivity contribution in [1.29, 1.82) is 0 Å². The number of hydrogen-bond acceptors (Lipinski definition) is 3. The summed E-state index contributed by atoms with van der Waals surface area (Å²) in [5.41, 5.74) is 3.39. The molecule has 0 aliphatic carbocycles. The molecule has 1 fully saturated rings. The van der Waals surface area contributed by atoms with Gasteiger partial charge >= 0.3 is 0 Å². The number of carbonyl (C=O) groups excluding carboxylic acids is 2. The number of likely N-dealkylation sites (tertiary alicyclic amines) is 1. The van der Waals surface area contributed by atoms with Crippen LogP contribution in [0.3, 0.4) is 0 Å². The van der Waals surface area contributed by atoms with Gasteiger partial charge in [0, 0.05) is 6.54 Å². The van der Waals surface area contributed by atoms with Gasteiger partial charge in [0.05, 0.1) is 19.0 Å². The Morgan fingerprint density at radius 1 is 0.929 bits per heavy atom. The highest BCUT2D eigenvalue weighted by atomic mass is 16.2. The van der Waals surface area contributed by atoms with Gasteiger partial charge in [0.15, 0.2) is 0 Å². The van der Waals surface area contributed by atoms with E-state index in [1.165, 1.54) is 24.0 Å². The third-order valence-electron chi connectivity index (χ3n) is 5.19. The second-order valence-electron chi connectivity index (χ2n) is 7.41. The average molecular weight is 380 g/mol. The zero-order chi connectivity index (χ0) is 19.8. The fraction of sp³-hybridized carbons (Fsp3) is 0.391. The Balaban J connectivity index is 1.49. The summed E-state index contributed by atoms with van der Waals surface area (Å²) in [4.78, 5) is 26.7. The van der Waals surface area contributed by atoms with Gasteiger partial charge in [0.25, 0.3) is 0 Å². The van der Waals surface area contributed by atoms with Gasteiger partial charge in [-0.1, -0.05) is 60.2 Å². The standard InChI is InChI=1S/C23H29N3O2/c1-18-9-11-20(12-10-18)21(26-13-5-6-14-26)16-24-23(28)17-25-22(27)15-19-7-3-2-4-8-19/h2-4,7-12,21H,5-6,13-17H2,1H3,(H,24,28)(H,25,27). The summed E-state index contributed by atoms with van der Waals surface area (Å²) >= 11 is 0. The van der Waals surface area contributed by atoms with Gasteiger partial charge in [-0.05, 0) is 44.0 Å². The van der Waals surface area contributed by atoms with Crippen LogP contribution in [0.1, 0.15) is 35.6 Å². The van der Waals surface area contributed by atoms with Gasteiger partial charge in [0.2, 0.25) is 11.8 Å². The number of hydrogen-bond donors (Lipinski definition) is 2. The SMILES string of the molecule is Cc1ccc(C(CNC(=O)CNC(=O)Cc2ccccc2)N2CCCC2)cc1. The molecular weight excluding hydrogens is 350 g/mol. The maximum atomic E-state index is 12.3. The molecule has 0 spiro atoms. The van der Waals surface area contributed by atoms with E-state index >= 15 is 0 Å². The van der Waals surface area contributed by atoms with Crippen LogP contribution in [0.2, 0.25) is 0 Å². The van der Waals surface area contributed by atoms with Crippen LogP contribution in [0.15, 0.2) is 54.6 Å². The minimum absolute atomic E-state index is 0.00623. The smallest absolute Gasteiger partial charge is 0.239 e. The van der Waals surface area contributed by atoms with Crippen molar-refractivity contribution in [3.63, 3.8) is 0 Å². The van der Waals surface area contributed by atoms with Crippen LogP contribution in [0.5, 0.6) is 0 Å². The van der Waals surface area contributed by atoms with Crippen LogP contribution in [0.25, 0.3) is 0 Å². The Morgan fingerprint density at radius 3 is 2.29 bits per heavy atom. The molecule has 0 saturated carbocycles. The molecule has 5 nitrogen and oxygen atoms in total. The number of amides is 2. The average Bonchev–Trinajstić information content (AvgIpc) is 3.23. The molecule has 1 heterocycles. The molecule has 1 unspecified atom stereocenters. The minimum Gasteiger partial charge on any atom is -0.353 e. The van der Waals surface area contributed by atoms with Crippen LogP contribution in [0, 0.1) is 6.92 Å². The largest absolute Gasteiger partial charge is 0.353 e. The second-order valence-corrected chi connectivity index (χ2v) is 7.41. The third-order valence-corrected chi connectivity index (χ3v) is 5.19. The first-order valence-electron chi connectivity index (χ1n) is 10.00. The first kappa shape index (κ1) is 20.1. The maximum absolute atomic E-state index is 12.3. The van der Waals surface area contributed by atoms with Crippen molar-refractivity contribution in [3.05, 3.63) is 71.3 Å². The Kier molecular flexibility index (Phi) is 7.20. The molecule has 2 aromatic rings. The van der Waals surface area contributed by atoms with E-state index in [9.17, 15) is 9.59 Å². The fourth-order valence-electron chi connectivity index (χ4n) is 3.60. The highest BCUT2D eigenvalue weighted by molar-refractivity contribution is 5.85. The third kappa shape index (κ3) is 5.92. The van der Waals surface area contributed by atoms with Gasteiger partial charge < -0.3 is 10.6 Å². The number of carbonyl (C=O) groups is 2. The normalized spacial score (nSPS) is 15.2. The molecule has 0 radical (unpaired) electrons. The minimum atomic E-state index is -0.155. The van der Waals surface area contributed by atoms with Crippen LogP contribution in [-0.2, 0) is 16.0 Å². The lowest BCUT2D eigenvalue weighted by molar-refractivity contribution is -0.125. The lowest BCUT2D eigenvalue weighted by Crippen LogP contribution is -2.41. The number of nitrogens with zero attached hydrogens (tertiary/aromatic N) is 1. The molecule has 2 amide bonds. The quantitative estimate of drug-likeness (QED) is 0.741. The molecule has 1 saturated heterocycles. The zero-order valence-electron chi connectivity index (χ0n) is 16.5. The van der Waals surface area contributed by atoms with E-state index in [1.807, 2.05) is 30.3 Å². The second kappa shape index (κ2) is 10.0. The van der Waals surface area contributed by atoms with E-state index in [0.29, 0.717) is 6.54 Å². The topological polar surface area (TPSA) is 61.4 Å². The van der Waals surface area contributed by atoms with Gasteiger partial charge in [0.1, 0.15) is 0 Å². The van der Waals surface area contributed by atoms with Crippen molar-refractivity contribution in [2.45, 2.75) is 32.2 Å². The van der Waals surface area contributed by atoms with Crippen LogP contribution in [0.4, 0.5) is 0 Å². The molecule has 1 aliphatic rings. The number of aryl methyl sites for hydroxylation is 1. The first-order valence-corrected chi connectivity index (χ1v) is 10.00. The monoisotopic (exact) mass is 379 g/mol. The van der Waals surface area contributed by atoms with Crippen LogP contribution in [-0.4, -0.2) is 42.9 Å². The van der Waals surface area contributed by atoms with Gasteiger partial charge in [-0.3, -0.25) is 14.5 Å². The van der Waals surface area contributed by atoms with Gasteiger partial charge in [-0.25, -0.2) is 0 Å². The van der Waals surface area contributed by atoms with E-state index in [0.717, 1.165) is 18.7 Å². The molecule has 0 bridgehead atoms. The Morgan fingerprint density at radius 2 is 1.61 bits per heavy atom. The molecule has 148 valence electrons. The van der Waals surface area contributed by atoms with Crippen LogP contribution < -0.4 is 10.6 Å². The van der Waals surface area contributed by atoms with E-state index in [4.69, 9.17) is 0 Å². The zero-order valence-corrected chi connectivity index (χ0v) is 16.5. The predicted octanol–water partition coefficient (Wildman–Crippen LogP) is 2.61. The van der Waals surface area contributed by atoms with E-state index < -0.39 is 0 Å². The van der Waals surface area contributed by atoms with Gasteiger partial charge in [-0.15, -0.1) is 0 Å². The lowest BCUT2D eigenvalue weighted by Gasteiger charge is -2.28. The first-order chi connectivity index (χ1) is 13.6. The number of nitrogens with one attached hydrogen (secondary N) is 2. The highest BCUT2D eigenvalue weighted by Crippen LogP contribution is 2.24. The van der Waals surface area contributed by atoms with Crippen molar-refractivity contribution in [2.75, 3.05) is 26.2 Å². The summed E-state index contributed by atoms with van der Waals surface area (Å²) in [6.07, 6.45) is 2.69. The van der Waals surface area contributed by atoms with Crippen molar-refractivity contribution in [1.82, 2.24) is 15.5 Å². The molecule has 3 rings (SSSR count). The Labute approximate surface area is 167 Å². The molecular formula is C23H29N3O2. The van der Waals surface area contributed by atoms with Gasteiger partial charge in [-0.2, -0.15) is 0 Å². The molecule has 2 aromatic carbocycles. The Hall–Kier alpha value is -2.66. The molecule has 1 atom stereocenters. The summed E-state index contributed by atoms with van der Waals surface area (Å²) in [7, 11) is 0. The van der Waals surface area contributed by atoms with Crippen LogP contribution >= 0.6 is 0 Å². The predicted molar refractivity (Wildman–Crippen MR) is 111 cm³/mol. The lowest BCUT2D eigenvalue weighted by atomic mass is 10.0. The van der Waals surface area contributed by atoms with E-state index in [1.54, 1.807) is 0 Å². The summed E-state index contributed by atoms with van der Waals surface area (Å²) in [5, 5.41) is 5.70. The summed E-state index contributed by atoms with van der Waals surface area (Å²) in [5.74, 6) is -0.298. The summed E-state index contributed by atoms with van der Waals surface area (Å²) < 4.78 is 0. The highest BCUT2D eigenvalue weighted by Gasteiger charge is 2.23. The molecule has 2 N–H and O–H groups in total. The summed E-state index contributed by atoms with van der Waals surface area (Å²) in [6.45, 7) is 4.75. The Bertz CT molecular complexity index is 768. The van der Waals surface area contributed by atoms with E-state index in [2.05, 4.69) is 46.7 Å². The molecule has 5 heteroatoms. The van der Waals surface area contributed by atoms with Crippen molar-refractivity contribution in [2.24, 2.45) is 0 Å².